The molecule has 2 heterocycles. The Bertz CT molecular complexity index is 951. The van der Waals surface area contributed by atoms with Crippen molar-refractivity contribution in [2.45, 2.75) is 26.1 Å². The van der Waals surface area contributed by atoms with Crippen molar-refractivity contribution >= 4 is 22.9 Å². The van der Waals surface area contributed by atoms with Gasteiger partial charge in [0.1, 0.15) is 5.52 Å². The molecule has 1 N–H and O–H groups in total. The van der Waals surface area contributed by atoms with Crippen molar-refractivity contribution in [3.05, 3.63) is 42.2 Å². The quantitative estimate of drug-likeness (QED) is 0.717. The van der Waals surface area contributed by atoms with Crippen LogP contribution >= 0.6 is 0 Å². The summed E-state index contributed by atoms with van der Waals surface area (Å²) in [6.45, 7) is 3.39. The van der Waals surface area contributed by atoms with Crippen molar-refractivity contribution in [3.63, 3.8) is 0 Å². The van der Waals surface area contributed by atoms with Crippen LogP contribution < -0.4 is 5.32 Å². The van der Waals surface area contributed by atoms with Crippen molar-refractivity contribution in [1.82, 2.24) is 9.97 Å². The monoisotopic (exact) mass is 365 g/mol. The molecule has 2 aromatic heterocycles. The van der Waals surface area contributed by atoms with Gasteiger partial charge in [-0.2, -0.15) is 13.2 Å². The van der Waals surface area contributed by atoms with E-state index in [1.807, 2.05) is 0 Å². The number of pyridine rings is 1. The van der Waals surface area contributed by atoms with E-state index >= 15 is 0 Å². The second-order valence-corrected chi connectivity index (χ2v) is 5.70. The lowest BCUT2D eigenvalue weighted by molar-refractivity contribution is -0.137. The summed E-state index contributed by atoms with van der Waals surface area (Å²) in [6, 6.07) is 4.56. The Hall–Kier alpha value is -3.10. The Balaban J connectivity index is 1.98. The Labute approximate surface area is 146 Å². The molecular formula is C17H14F3N3O3. The van der Waals surface area contributed by atoms with Crippen LogP contribution in [0.5, 0.6) is 0 Å². The highest BCUT2D eigenvalue weighted by atomic mass is 19.4. The molecular weight excluding hydrogens is 351 g/mol. The number of alkyl halides is 3. The third-order valence-electron chi connectivity index (χ3n) is 3.35. The summed E-state index contributed by atoms with van der Waals surface area (Å²) in [6.07, 6.45) is -2.67. The highest BCUT2D eigenvalue weighted by Gasteiger charge is 2.31. The van der Waals surface area contributed by atoms with Crippen LogP contribution in [0.15, 0.2) is 41.1 Å². The predicted octanol–water partition coefficient (Wildman–Crippen LogP) is 4.87. The minimum absolute atomic E-state index is 0.0570. The molecule has 3 aromatic rings. The maximum Gasteiger partial charge on any atom is 0.416 e. The summed E-state index contributed by atoms with van der Waals surface area (Å²) in [5, 5.41) is 2.52. The van der Waals surface area contributed by atoms with Gasteiger partial charge in [-0.05, 0) is 38.1 Å². The molecule has 0 aliphatic carbocycles. The summed E-state index contributed by atoms with van der Waals surface area (Å²) < 4.78 is 49.0. The van der Waals surface area contributed by atoms with Gasteiger partial charge in [-0.1, -0.05) is 0 Å². The first-order valence-electron chi connectivity index (χ1n) is 7.64. The molecule has 3 rings (SSSR count). The zero-order chi connectivity index (χ0) is 18.9. The van der Waals surface area contributed by atoms with Crippen LogP contribution in [-0.2, 0) is 10.9 Å². The molecule has 136 valence electrons. The van der Waals surface area contributed by atoms with E-state index in [4.69, 9.17) is 9.15 Å². The van der Waals surface area contributed by atoms with Crippen LogP contribution in [-0.4, -0.2) is 22.2 Å². The van der Waals surface area contributed by atoms with Gasteiger partial charge in [0.05, 0.1) is 29.1 Å². The lowest BCUT2D eigenvalue weighted by Crippen LogP contribution is -2.18. The zero-order valence-corrected chi connectivity index (χ0v) is 13.8. The molecule has 0 aliphatic rings. The molecule has 0 aliphatic heterocycles. The number of oxazole rings is 1. The number of halogens is 3. The number of aromatic nitrogens is 2. The van der Waals surface area contributed by atoms with Gasteiger partial charge >= 0.3 is 12.3 Å². The number of benzene rings is 1. The largest absolute Gasteiger partial charge is 0.447 e. The number of anilines is 1. The molecule has 0 bridgehead atoms. The van der Waals surface area contributed by atoms with Crippen LogP contribution in [0.1, 0.15) is 19.4 Å². The lowest BCUT2D eigenvalue weighted by Gasteiger charge is -2.10. The minimum Gasteiger partial charge on any atom is -0.447 e. The van der Waals surface area contributed by atoms with E-state index in [2.05, 4.69) is 15.3 Å². The number of ether oxygens (including phenoxy) is 1. The van der Waals surface area contributed by atoms with Crippen molar-refractivity contribution in [1.29, 1.82) is 0 Å². The SMILES string of the molecule is CC(C)OC(=O)Nc1cnccc1-c1nc2cc(C(F)(F)F)ccc2o1. The third-order valence-corrected chi connectivity index (χ3v) is 3.35. The van der Waals surface area contributed by atoms with Gasteiger partial charge in [-0.15, -0.1) is 0 Å². The molecule has 1 amide bonds. The molecule has 1 aromatic carbocycles. The Kier molecular flexibility index (Phi) is 4.54. The first-order chi connectivity index (χ1) is 12.2. The molecule has 0 radical (unpaired) electrons. The summed E-state index contributed by atoms with van der Waals surface area (Å²) in [5.74, 6) is 0.0570. The number of carbonyl (C=O) groups excluding carboxylic acids is 1. The van der Waals surface area contributed by atoms with E-state index in [9.17, 15) is 18.0 Å². The average Bonchev–Trinajstić information content (AvgIpc) is 2.96. The lowest BCUT2D eigenvalue weighted by atomic mass is 10.2. The maximum absolute atomic E-state index is 12.8. The number of carbonyl (C=O) groups is 1. The van der Waals surface area contributed by atoms with Crippen LogP contribution in [0.2, 0.25) is 0 Å². The number of nitrogens with zero attached hydrogens (tertiary/aromatic N) is 2. The Morgan fingerprint density at radius 2 is 2.04 bits per heavy atom. The molecule has 9 heteroatoms. The number of hydrogen-bond donors (Lipinski definition) is 1. The Morgan fingerprint density at radius 1 is 1.27 bits per heavy atom. The van der Waals surface area contributed by atoms with Gasteiger partial charge in [-0.3, -0.25) is 10.3 Å². The van der Waals surface area contributed by atoms with E-state index < -0.39 is 17.8 Å². The van der Waals surface area contributed by atoms with E-state index in [1.54, 1.807) is 13.8 Å². The summed E-state index contributed by atoms with van der Waals surface area (Å²) in [5.41, 5.74) is 0.0625. The second-order valence-electron chi connectivity index (χ2n) is 5.70. The smallest absolute Gasteiger partial charge is 0.416 e. The van der Waals surface area contributed by atoms with Gasteiger partial charge in [0.25, 0.3) is 0 Å². The van der Waals surface area contributed by atoms with Crippen molar-refractivity contribution < 1.29 is 27.1 Å². The minimum atomic E-state index is -4.47. The molecule has 0 atom stereocenters. The number of fused-ring (bicyclic) bond motifs is 1. The Morgan fingerprint density at radius 3 is 2.73 bits per heavy atom. The zero-order valence-electron chi connectivity index (χ0n) is 13.8. The predicted molar refractivity (Wildman–Crippen MR) is 87.5 cm³/mol. The third kappa shape index (κ3) is 3.76. The summed E-state index contributed by atoms with van der Waals surface area (Å²) >= 11 is 0. The van der Waals surface area contributed by atoms with Crippen LogP contribution in [0.3, 0.4) is 0 Å². The van der Waals surface area contributed by atoms with Gasteiger partial charge in [0.15, 0.2) is 5.58 Å². The fraction of sp³-hybridized carbons (Fsp3) is 0.235. The first kappa shape index (κ1) is 17.7. The van der Waals surface area contributed by atoms with Crippen LogP contribution in [0.4, 0.5) is 23.7 Å². The van der Waals surface area contributed by atoms with Crippen LogP contribution in [0.25, 0.3) is 22.6 Å². The standard InChI is InChI=1S/C17H14F3N3O3/c1-9(2)25-16(24)23-13-8-21-6-5-11(13)15-22-12-7-10(17(18,19)20)3-4-14(12)26-15/h3-9H,1-2H3,(H,23,24). The fourth-order valence-electron chi connectivity index (χ4n) is 2.25. The molecule has 6 nitrogen and oxygen atoms in total. The first-order valence-corrected chi connectivity index (χ1v) is 7.64. The molecule has 0 spiro atoms. The van der Waals surface area contributed by atoms with E-state index in [-0.39, 0.29) is 28.8 Å². The topological polar surface area (TPSA) is 77.2 Å². The fourth-order valence-corrected chi connectivity index (χ4v) is 2.25. The number of amides is 1. The normalized spacial score (nSPS) is 11.8. The molecule has 26 heavy (non-hydrogen) atoms. The maximum atomic E-state index is 12.8. The molecule has 0 saturated heterocycles. The van der Waals surface area contributed by atoms with Gasteiger partial charge in [0, 0.05) is 6.20 Å². The van der Waals surface area contributed by atoms with Crippen molar-refractivity contribution in [3.8, 4) is 11.5 Å². The molecule has 0 saturated carbocycles. The van der Waals surface area contributed by atoms with Gasteiger partial charge in [-0.25, -0.2) is 9.78 Å². The average molecular weight is 365 g/mol. The molecule has 0 fully saturated rings. The number of nitrogens with one attached hydrogen (secondary N) is 1. The number of rotatable bonds is 3. The summed E-state index contributed by atoms with van der Waals surface area (Å²) in [4.78, 5) is 19.8. The van der Waals surface area contributed by atoms with E-state index in [0.717, 1.165) is 12.1 Å². The second kappa shape index (κ2) is 6.66. The van der Waals surface area contributed by atoms with Crippen molar-refractivity contribution in [2.75, 3.05) is 5.32 Å². The highest BCUT2D eigenvalue weighted by Crippen LogP contribution is 2.34. The summed E-state index contributed by atoms with van der Waals surface area (Å²) in [7, 11) is 0. The highest BCUT2D eigenvalue weighted by molar-refractivity contribution is 5.90. The van der Waals surface area contributed by atoms with Crippen LogP contribution in [0, 0.1) is 0 Å². The van der Waals surface area contributed by atoms with Crippen molar-refractivity contribution in [2.24, 2.45) is 0 Å². The van der Waals surface area contributed by atoms with E-state index in [1.165, 1.54) is 24.5 Å². The van der Waals surface area contributed by atoms with Gasteiger partial charge < -0.3 is 9.15 Å². The molecule has 0 unspecified atom stereocenters. The van der Waals surface area contributed by atoms with E-state index in [0.29, 0.717) is 5.56 Å². The number of hydrogen-bond acceptors (Lipinski definition) is 5. The van der Waals surface area contributed by atoms with Gasteiger partial charge in [0.2, 0.25) is 5.89 Å².